The average Bonchev–Trinajstić information content (AvgIpc) is 2.44. The van der Waals surface area contributed by atoms with Gasteiger partial charge in [0.1, 0.15) is 17.3 Å². The Bertz CT molecular complexity index is 644. The van der Waals surface area contributed by atoms with Crippen LogP contribution in [0.2, 0.25) is 0 Å². The summed E-state index contributed by atoms with van der Waals surface area (Å²) in [6, 6.07) is 16.0. The Balaban J connectivity index is 2.24. The van der Waals surface area contributed by atoms with Crippen molar-refractivity contribution in [1.29, 1.82) is 0 Å². The Hall–Kier alpha value is -1.87. The minimum Gasteiger partial charge on any atom is -0.489 e. The molecule has 0 heterocycles. The van der Waals surface area contributed by atoms with Crippen molar-refractivity contribution in [2.24, 2.45) is 5.73 Å². The zero-order chi connectivity index (χ0) is 15.5. The molecule has 0 radical (unpaired) electrons. The molecule has 0 aliphatic carbocycles. The van der Waals surface area contributed by atoms with E-state index in [0.717, 1.165) is 16.9 Å². The molecule has 0 aliphatic rings. The van der Waals surface area contributed by atoms with Gasteiger partial charge in [0.25, 0.3) is 0 Å². The van der Waals surface area contributed by atoms with Crippen LogP contribution in [0.25, 0.3) is 0 Å². The van der Waals surface area contributed by atoms with Crippen LogP contribution in [0.1, 0.15) is 37.5 Å². The fourth-order valence-electron chi connectivity index (χ4n) is 2.25. The Kier molecular flexibility index (Phi) is 4.63. The van der Waals surface area contributed by atoms with E-state index in [9.17, 15) is 0 Å². The topological polar surface area (TPSA) is 35.2 Å². The molecule has 0 spiro atoms. The number of para-hydroxylation sites is 1. The third-order valence-electron chi connectivity index (χ3n) is 3.36. The van der Waals surface area contributed by atoms with Crippen LogP contribution in [0.3, 0.4) is 0 Å². The molecule has 0 fully saturated rings. The van der Waals surface area contributed by atoms with Crippen molar-refractivity contribution in [1.82, 2.24) is 0 Å². The van der Waals surface area contributed by atoms with Gasteiger partial charge in [-0.05, 0) is 22.6 Å². The molecule has 0 bridgehead atoms. The number of hydrogen-bond acceptors (Lipinski definition) is 2. The molecule has 2 N–H and O–H groups in total. The molecule has 0 aromatic heterocycles. The third kappa shape index (κ3) is 3.82. The van der Waals surface area contributed by atoms with Crippen molar-refractivity contribution < 1.29 is 4.74 Å². The van der Waals surface area contributed by atoms with Crippen molar-refractivity contribution in [3.63, 3.8) is 0 Å². The van der Waals surface area contributed by atoms with Gasteiger partial charge in [-0.25, -0.2) is 0 Å². The first kappa shape index (κ1) is 15.5. The van der Waals surface area contributed by atoms with Crippen molar-refractivity contribution in [2.75, 3.05) is 0 Å². The highest BCUT2D eigenvalue weighted by Crippen LogP contribution is 2.31. The number of hydrogen-bond donors (Lipinski definition) is 1. The molecule has 3 heteroatoms. The van der Waals surface area contributed by atoms with Gasteiger partial charge in [0.15, 0.2) is 0 Å². The van der Waals surface area contributed by atoms with E-state index in [-0.39, 0.29) is 5.41 Å². The van der Waals surface area contributed by atoms with Crippen molar-refractivity contribution in [3.05, 3.63) is 65.2 Å². The molecular weight excluding hydrogens is 278 g/mol. The van der Waals surface area contributed by atoms with Crippen LogP contribution >= 0.6 is 12.2 Å². The van der Waals surface area contributed by atoms with Crippen molar-refractivity contribution >= 4 is 17.2 Å². The van der Waals surface area contributed by atoms with Gasteiger partial charge < -0.3 is 10.5 Å². The van der Waals surface area contributed by atoms with Gasteiger partial charge in [0.2, 0.25) is 0 Å². The van der Waals surface area contributed by atoms with Gasteiger partial charge in [0.05, 0.1) is 0 Å². The maximum absolute atomic E-state index is 6.03. The summed E-state index contributed by atoms with van der Waals surface area (Å²) in [7, 11) is 0. The van der Waals surface area contributed by atoms with E-state index in [4.69, 9.17) is 22.7 Å². The van der Waals surface area contributed by atoms with Gasteiger partial charge in [0, 0.05) is 5.56 Å². The molecular formula is C18H21NOS. The standard InChI is InChI=1S/C18H21NOS/c1-18(2,3)15-10-6-7-11-16(15)20-12-13-8-4-5-9-14(13)17(19)21/h4-11H,12H2,1-3H3,(H2,19,21). The van der Waals surface area contributed by atoms with E-state index in [1.54, 1.807) is 0 Å². The summed E-state index contributed by atoms with van der Waals surface area (Å²) >= 11 is 5.09. The van der Waals surface area contributed by atoms with Crippen LogP contribution < -0.4 is 10.5 Å². The summed E-state index contributed by atoms with van der Waals surface area (Å²) in [4.78, 5) is 0.401. The normalized spacial score (nSPS) is 11.2. The monoisotopic (exact) mass is 299 g/mol. The Morgan fingerprint density at radius 2 is 1.67 bits per heavy atom. The fourth-order valence-corrected chi connectivity index (χ4v) is 2.45. The lowest BCUT2D eigenvalue weighted by molar-refractivity contribution is 0.297. The van der Waals surface area contributed by atoms with Crippen LogP contribution in [0, 0.1) is 0 Å². The van der Waals surface area contributed by atoms with E-state index in [2.05, 4.69) is 26.8 Å². The molecule has 0 unspecified atom stereocenters. The predicted octanol–water partition coefficient (Wildman–Crippen LogP) is 4.20. The zero-order valence-corrected chi connectivity index (χ0v) is 13.5. The maximum Gasteiger partial charge on any atom is 0.123 e. The molecule has 110 valence electrons. The van der Waals surface area contributed by atoms with E-state index >= 15 is 0 Å². The van der Waals surface area contributed by atoms with Gasteiger partial charge in [-0.3, -0.25) is 0 Å². The molecule has 0 aliphatic heterocycles. The van der Waals surface area contributed by atoms with Crippen LogP contribution in [-0.4, -0.2) is 4.99 Å². The summed E-state index contributed by atoms with van der Waals surface area (Å²) < 4.78 is 6.03. The smallest absolute Gasteiger partial charge is 0.123 e. The van der Waals surface area contributed by atoms with Crippen LogP contribution in [-0.2, 0) is 12.0 Å². The minimum absolute atomic E-state index is 0.0410. The summed E-state index contributed by atoms with van der Waals surface area (Å²) in [5, 5.41) is 0. The lowest BCUT2D eigenvalue weighted by Gasteiger charge is -2.23. The predicted molar refractivity (Wildman–Crippen MR) is 91.8 cm³/mol. The second-order valence-corrected chi connectivity index (χ2v) is 6.50. The van der Waals surface area contributed by atoms with Gasteiger partial charge in [-0.1, -0.05) is 75.5 Å². The van der Waals surface area contributed by atoms with E-state index in [0.29, 0.717) is 11.6 Å². The second kappa shape index (κ2) is 6.27. The van der Waals surface area contributed by atoms with Gasteiger partial charge >= 0.3 is 0 Å². The van der Waals surface area contributed by atoms with E-state index in [1.165, 1.54) is 5.56 Å². The molecule has 0 saturated heterocycles. The zero-order valence-electron chi connectivity index (χ0n) is 12.7. The first-order chi connectivity index (χ1) is 9.89. The van der Waals surface area contributed by atoms with Gasteiger partial charge in [-0.15, -0.1) is 0 Å². The highest BCUT2D eigenvalue weighted by atomic mass is 32.1. The molecule has 2 aromatic rings. The van der Waals surface area contributed by atoms with E-state index < -0.39 is 0 Å². The number of rotatable bonds is 4. The molecule has 2 nitrogen and oxygen atoms in total. The largest absolute Gasteiger partial charge is 0.489 e. The van der Waals surface area contributed by atoms with Crippen molar-refractivity contribution in [3.8, 4) is 5.75 Å². The lowest BCUT2D eigenvalue weighted by Crippen LogP contribution is -2.15. The second-order valence-electron chi connectivity index (χ2n) is 6.06. The van der Waals surface area contributed by atoms with E-state index in [1.807, 2.05) is 42.5 Å². The van der Waals surface area contributed by atoms with Gasteiger partial charge in [-0.2, -0.15) is 0 Å². The minimum atomic E-state index is 0.0410. The highest BCUT2D eigenvalue weighted by Gasteiger charge is 2.18. The maximum atomic E-state index is 6.03. The van der Waals surface area contributed by atoms with Crippen LogP contribution in [0.4, 0.5) is 0 Å². The Morgan fingerprint density at radius 1 is 1.05 bits per heavy atom. The number of benzene rings is 2. The Morgan fingerprint density at radius 3 is 2.33 bits per heavy atom. The molecule has 0 amide bonds. The molecule has 0 atom stereocenters. The molecule has 2 aromatic carbocycles. The summed E-state index contributed by atoms with van der Waals surface area (Å²) in [6.45, 7) is 7.00. The quantitative estimate of drug-likeness (QED) is 0.859. The highest BCUT2D eigenvalue weighted by molar-refractivity contribution is 7.80. The molecule has 2 rings (SSSR count). The third-order valence-corrected chi connectivity index (χ3v) is 3.58. The van der Waals surface area contributed by atoms with Crippen molar-refractivity contribution in [2.45, 2.75) is 32.8 Å². The first-order valence-electron chi connectivity index (χ1n) is 6.99. The SMILES string of the molecule is CC(C)(C)c1ccccc1OCc1ccccc1C(N)=S. The summed E-state index contributed by atoms with van der Waals surface area (Å²) in [5.74, 6) is 0.905. The summed E-state index contributed by atoms with van der Waals surface area (Å²) in [5.41, 5.74) is 8.88. The first-order valence-corrected chi connectivity index (χ1v) is 7.40. The average molecular weight is 299 g/mol. The lowest BCUT2D eigenvalue weighted by atomic mass is 9.86. The fraction of sp³-hybridized carbons (Fsp3) is 0.278. The Labute approximate surface area is 131 Å². The van der Waals surface area contributed by atoms with Crippen LogP contribution in [0.5, 0.6) is 5.75 Å². The summed E-state index contributed by atoms with van der Waals surface area (Å²) in [6.07, 6.45) is 0. The molecule has 21 heavy (non-hydrogen) atoms. The number of ether oxygens (including phenoxy) is 1. The number of thiocarbonyl (C=S) groups is 1. The number of nitrogens with two attached hydrogens (primary N) is 1. The van der Waals surface area contributed by atoms with Crippen LogP contribution in [0.15, 0.2) is 48.5 Å². The molecule has 0 saturated carbocycles.